The second-order valence-corrected chi connectivity index (χ2v) is 4.90. The summed E-state index contributed by atoms with van der Waals surface area (Å²) in [6, 6.07) is 3.54. The van der Waals surface area contributed by atoms with Gasteiger partial charge in [-0.3, -0.25) is 0 Å². The van der Waals surface area contributed by atoms with Crippen LogP contribution >= 0.6 is 0 Å². The first kappa shape index (κ1) is 10.6. The lowest BCUT2D eigenvalue weighted by Crippen LogP contribution is -2.29. The van der Waals surface area contributed by atoms with Crippen LogP contribution in [0.3, 0.4) is 0 Å². The van der Waals surface area contributed by atoms with Gasteiger partial charge in [0.1, 0.15) is 11.4 Å². The fourth-order valence-electron chi connectivity index (χ4n) is 2.50. The predicted molar refractivity (Wildman–Crippen MR) is 66.3 cm³/mol. The summed E-state index contributed by atoms with van der Waals surface area (Å²) in [5, 5.41) is 9.43. The minimum atomic E-state index is 0.282. The summed E-state index contributed by atoms with van der Waals surface area (Å²) in [6.45, 7) is 2.29. The van der Waals surface area contributed by atoms with Crippen LogP contribution in [-0.4, -0.2) is 39.5 Å². The fourth-order valence-corrected chi connectivity index (χ4v) is 2.50. The van der Waals surface area contributed by atoms with Crippen LogP contribution in [0.25, 0.3) is 5.65 Å². The Morgan fingerprint density at radius 1 is 1.24 bits per heavy atom. The van der Waals surface area contributed by atoms with Gasteiger partial charge in [-0.25, -0.2) is 4.98 Å². The van der Waals surface area contributed by atoms with Gasteiger partial charge in [0.05, 0.1) is 11.9 Å². The van der Waals surface area contributed by atoms with E-state index in [0.29, 0.717) is 5.92 Å². The molecule has 2 aromatic heterocycles. The summed E-state index contributed by atoms with van der Waals surface area (Å²) in [7, 11) is 2.16. The van der Waals surface area contributed by atoms with Crippen molar-refractivity contribution in [2.24, 2.45) is 0 Å². The van der Waals surface area contributed by atoms with Crippen LogP contribution in [0.4, 0.5) is 0 Å². The number of imidazole rings is 1. The number of rotatable bonds is 1. The van der Waals surface area contributed by atoms with Crippen molar-refractivity contribution in [3.8, 4) is 5.75 Å². The topological polar surface area (TPSA) is 40.8 Å². The molecule has 1 N–H and O–H groups in total. The van der Waals surface area contributed by atoms with Crippen molar-refractivity contribution in [2.45, 2.75) is 18.8 Å². The van der Waals surface area contributed by atoms with Crippen LogP contribution < -0.4 is 0 Å². The summed E-state index contributed by atoms with van der Waals surface area (Å²) in [5.74, 6) is 0.845. The molecule has 90 valence electrons. The molecule has 0 spiro atoms. The average molecular weight is 231 g/mol. The van der Waals surface area contributed by atoms with Crippen LogP contribution in [-0.2, 0) is 0 Å². The summed E-state index contributed by atoms with van der Waals surface area (Å²) in [4.78, 5) is 7.00. The van der Waals surface area contributed by atoms with Gasteiger partial charge in [-0.05, 0) is 45.1 Å². The van der Waals surface area contributed by atoms with Gasteiger partial charge in [0.25, 0.3) is 0 Å². The zero-order valence-corrected chi connectivity index (χ0v) is 10.0. The van der Waals surface area contributed by atoms with Gasteiger partial charge in [-0.1, -0.05) is 0 Å². The second-order valence-electron chi connectivity index (χ2n) is 4.90. The lowest BCUT2D eigenvalue weighted by Gasteiger charge is -2.27. The van der Waals surface area contributed by atoms with E-state index in [2.05, 4.69) is 16.9 Å². The van der Waals surface area contributed by atoms with Gasteiger partial charge in [-0.2, -0.15) is 0 Å². The molecule has 2 aromatic rings. The molecule has 0 aromatic carbocycles. The maximum Gasteiger partial charge on any atom is 0.137 e. The average Bonchev–Trinajstić information content (AvgIpc) is 2.72. The summed E-state index contributed by atoms with van der Waals surface area (Å²) in [5.41, 5.74) is 2.07. The minimum absolute atomic E-state index is 0.282. The predicted octanol–water partition coefficient (Wildman–Crippen LogP) is 1.85. The van der Waals surface area contributed by atoms with E-state index in [0.717, 1.165) is 24.4 Å². The Balaban J connectivity index is 1.90. The van der Waals surface area contributed by atoms with Crippen molar-refractivity contribution in [1.82, 2.24) is 14.3 Å². The fraction of sp³-hybridized carbons (Fsp3) is 0.462. The number of likely N-dealkylation sites (tertiary alicyclic amines) is 1. The molecule has 0 aliphatic carbocycles. The van der Waals surface area contributed by atoms with Crippen molar-refractivity contribution < 1.29 is 5.11 Å². The quantitative estimate of drug-likeness (QED) is 0.814. The maximum absolute atomic E-state index is 9.43. The van der Waals surface area contributed by atoms with Crippen molar-refractivity contribution in [2.75, 3.05) is 20.1 Å². The number of hydrogen-bond acceptors (Lipinski definition) is 3. The highest BCUT2D eigenvalue weighted by molar-refractivity contribution is 5.43. The van der Waals surface area contributed by atoms with Crippen LogP contribution in [0.5, 0.6) is 5.75 Å². The van der Waals surface area contributed by atoms with Gasteiger partial charge in [-0.15, -0.1) is 0 Å². The molecule has 17 heavy (non-hydrogen) atoms. The molecule has 1 aliphatic rings. The molecule has 0 bridgehead atoms. The number of hydrogen-bond donors (Lipinski definition) is 1. The standard InChI is InChI=1S/C13H17N3O/c1-15-6-4-10(5-7-15)12-9-16-8-11(17)2-3-13(16)14-12/h2-3,8-10,17H,4-7H2,1H3. The van der Waals surface area contributed by atoms with E-state index in [9.17, 15) is 5.11 Å². The number of aromatic nitrogens is 2. The third kappa shape index (κ3) is 2.00. The highest BCUT2D eigenvalue weighted by atomic mass is 16.3. The van der Waals surface area contributed by atoms with Crippen LogP contribution in [0, 0.1) is 0 Å². The Morgan fingerprint density at radius 3 is 2.76 bits per heavy atom. The van der Waals surface area contributed by atoms with E-state index < -0.39 is 0 Å². The number of nitrogens with zero attached hydrogens (tertiary/aromatic N) is 3. The number of pyridine rings is 1. The monoisotopic (exact) mass is 231 g/mol. The summed E-state index contributed by atoms with van der Waals surface area (Å²) in [6.07, 6.45) is 6.10. The largest absolute Gasteiger partial charge is 0.506 e. The van der Waals surface area contributed by atoms with Gasteiger partial charge >= 0.3 is 0 Å². The molecule has 1 aliphatic heterocycles. The smallest absolute Gasteiger partial charge is 0.137 e. The van der Waals surface area contributed by atoms with E-state index in [1.165, 1.54) is 12.8 Å². The molecule has 0 radical (unpaired) electrons. The Kier molecular flexibility index (Phi) is 2.52. The van der Waals surface area contributed by atoms with E-state index in [1.807, 2.05) is 16.7 Å². The van der Waals surface area contributed by atoms with Crippen molar-refractivity contribution in [3.05, 3.63) is 30.2 Å². The Bertz CT molecular complexity index is 526. The number of piperidine rings is 1. The van der Waals surface area contributed by atoms with Crippen LogP contribution in [0.1, 0.15) is 24.5 Å². The zero-order valence-electron chi connectivity index (χ0n) is 10.0. The molecular formula is C13H17N3O. The van der Waals surface area contributed by atoms with Gasteiger partial charge in [0.2, 0.25) is 0 Å². The van der Waals surface area contributed by atoms with Gasteiger partial charge < -0.3 is 14.4 Å². The van der Waals surface area contributed by atoms with Crippen molar-refractivity contribution in [3.63, 3.8) is 0 Å². The van der Waals surface area contributed by atoms with Crippen LogP contribution in [0.2, 0.25) is 0 Å². The highest BCUT2D eigenvalue weighted by Crippen LogP contribution is 2.27. The number of fused-ring (bicyclic) bond motifs is 1. The molecule has 0 atom stereocenters. The van der Waals surface area contributed by atoms with Gasteiger partial charge in [0.15, 0.2) is 0 Å². The Labute approximate surface area is 101 Å². The van der Waals surface area contributed by atoms with Crippen LogP contribution in [0.15, 0.2) is 24.5 Å². The molecule has 4 nitrogen and oxygen atoms in total. The first-order valence-corrected chi connectivity index (χ1v) is 6.08. The normalized spacial score (nSPS) is 18.9. The third-order valence-corrected chi connectivity index (χ3v) is 3.59. The Morgan fingerprint density at radius 2 is 2.00 bits per heavy atom. The first-order valence-electron chi connectivity index (χ1n) is 6.08. The highest BCUT2D eigenvalue weighted by Gasteiger charge is 2.20. The maximum atomic E-state index is 9.43. The Hall–Kier alpha value is -1.55. The third-order valence-electron chi connectivity index (χ3n) is 3.59. The summed E-state index contributed by atoms with van der Waals surface area (Å²) < 4.78 is 1.91. The molecule has 3 rings (SSSR count). The molecule has 0 saturated carbocycles. The molecule has 0 unspecified atom stereocenters. The van der Waals surface area contributed by atoms with Crippen molar-refractivity contribution in [1.29, 1.82) is 0 Å². The molecule has 1 saturated heterocycles. The number of aromatic hydroxyl groups is 1. The molecule has 4 heteroatoms. The van der Waals surface area contributed by atoms with Gasteiger partial charge in [0, 0.05) is 12.1 Å². The van der Waals surface area contributed by atoms with E-state index in [1.54, 1.807) is 12.3 Å². The van der Waals surface area contributed by atoms with E-state index >= 15 is 0 Å². The zero-order chi connectivity index (χ0) is 11.8. The SMILES string of the molecule is CN1CCC(c2cn3cc(O)ccc3n2)CC1. The molecule has 3 heterocycles. The molecular weight excluding hydrogens is 214 g/mol. The van der Waals surface area contributed by atoms with E-state index in [-0.39, 0.29) is 5.75 Å². The lowest BCUT2D eigenvalue weighted by molar-refractivity contribution is 0.253. The molecule has 0 amide bonds. The molecule has 1 fully saturated rings. The summed E-state index contributed by atoms with van der Waals surface area (Å²) >= 11 is 0. The lowest BCUT2D eigenvalue weighted by atomic mass is 9.94. The second kappa shape index (κ2) is 4.04. The first-order chi connectivity index (χ1) is 8.22. The van der Waals surface area contributed by atoms with Crippen molar-refractivity contribution >= 4 is 5.65 Å². The minimum Gasteiger partial charge on any atom is -0.506 e. The van der Waals surface area contributed by atoms with E-state index in [4.69, 9.17) is 0 Å².